The van der Waals surface area contributed by atoms with Crippen molar-refractivity contribution in [2.45, 2.75) is 6.04 Å². The third kappa shape index (κ3) is 3.31. The first kappa shape index (κ1) is 19.5. The third-order valence-electron chi connectivity index (χ3n) is 5.79. The Balaban J connectivity index is 1.38. The van der Waals surface area contributed by atoms with Gasteiger partial charge < -0.3 is 14.4 Å². The number of ether oxygens (including phenoxy) is 2. The van der Waals surface area contributed by atoms with Crippen LogP contribution < -0.4 is 9.80 Å². The van der Waals surface area contributed by atoms with Gasteiger partial charge in [-0.15, -0.1) is 0 Å². The number of anilines is 2. The molecule has 0 unspecified atom stereocenters. The van der Waals surface area contributed by atoms with Gasteiger partial charge in [-0.05, 0) is 30.3 Å². The summed E-state index contributed by atoms with van der Waals surface area (Å²) < 4.78 is 25.3. The highest BCUT2D eigenvalue weighted by Crippen LogP contribution is 2.31. The van der Waals surface area contributed by atoms with Gasteiger partial charge in [-0.1, -0.05) is 12.1 Å². The van der Waals surface area contributed by atoms with Crippen molar-refractivity contribution >= 4 is 29.3 Å². The zero-order chi connectivity index (χ0) is 21.5. The van der Waals surface area contributed by atoms with Crippen molar-refractivity contribution in [3.05, 3.63) is 59.4 Å². The van der Waals surface area contributed by atoms with E-state index in [1.54, 1.807) is 36.4 Å². The molecule has 0 aromatic heterocycles. The first-order chi connectivity index (χ1) is 15.0. The SMILES string of the molecule is O=C1c2ccccc2C(=O)N1C[C@H]1COC(=O)N1c1ccc(N2CCOCC2)c(F)c1. The van der Waals surface area contributed by atoms with E-state index in [1.165, 1.54) is 11.0 Å². The fourth-order valence-electron chi connectivity index (χ4n) is 4.23. The molecule has 0 saturated carbocycles. The lowest BCUT2D eigenvalue weighted by atomic mass is 10.1. The Hall–Kier alpha value is -3.46. The van der Waals surface area contributed by atoms with Crippen LogP contribution in [0, 0.1) is 5.82 Å². The largest absolute Gasteiger partial charge is 0.447 e. The number of carbonyl (C=O) groups is 3. The molecule has 3 amide bonds. The monoisotopic (exact) mass is 425 g/mol. The number of carbonyl (C=O) groups excluding carboxylic acids is 3. The summed E-state index contributed by atoms with van der Waals surface area (Å²) in [4.78, 5) is 42.1. The molecule has 2 saturated heterocycles. The molecule has 2 aromatic rings. The number of imide groups is 1. The number of amides is 3. The summed E-state index contributed by atoms with van der Waals surface area (Å²) in [6.07, 6.45) is -0.639. The molecule has 0 radical (unpaired) electrons. The molecule has 0 spiro atoms. The lowest BCUT2D eigenvalue weighted by Gasteiger charge is -2.30. The van der Waals surface area contributed by atoms with E-state index < -0.39 is 29.8 Å². The van der Waals surface area contributed by atoms with Crippen LogP contribution in [0.25, 0.3) is 0 Å². The molecule has 0 N–H and O–H groups in total. The second kappa shape index (κ2) is 7.66. The minimum Gasteiger partial charge on any atom is -0.447 e. The van der Waals surface area contributed by atoms with Gasteiger partial charge in [-0.2, -0.15) is 0 Å². The maximum absolute atomic E-state index is 14.9. The molecule has 1 atom stereocenters. The smallest absolute Gasteiger partial charge is 0.414 e. The van der Waals surface area contributed by atoms with Gasteiger partial charge in [0.2, 0.25) is 0 Å². The Morgan fingerprint density at radius 1 is 0.968 bits per heavy atom. The predicted molar refractivity (Wildman–Crippen MR) is 109 cm³/mol. The highest BCUT2D eigenvalue weighted by molar-refractivity contribution is 6.21. The first-order valence-electron chi connectivity index (χ1n) is 10.1. The zero-order valence-corrected chi connectivity index (χ0v) is 16.6. The highest BCUT2D eigenvalue weighted by atomic mass is 19.1. The molecule has 31 heavy (non-hydrogen) atoms. The van der Waals surface area contributed by atoms with Gasteiger partial charge in [-0.3, -0.25) is 19.4 Å². The van der Waals surface area contributed by atoms with Crippen molar-refractivity contribution in [1.82, 2.24) is 4.90 Å². The number of nitrogens with zero attached hydrogens (tertiary/aromatic N) is 3. The van der Waals surface area contributed by atoms with Crippen LogP contribution in [0.4, 0.5) is 20.6 Å². The number of hydrogen-bond donors (Lipinski definition) is 0. The van der Waals surface area contributed by atoms with Crippen molar-refractivity contribution in [1.29, 1.82) is 0 Å². The van der Waals surface area contributed by atoms with E-state index in [-0.39, 0.29) is 13.2 Å². The Labute approximate surface area is 177 Å². The standard InChI is InChI=1S/C22H20FN3O5/c23-18-11-14(5-6-19(18)24-7-9-30-10-8-24)26-15(13-31-22(26)29)12-25-20(27)16-3-1-2-4-17(16)21(25)28/h1-6,11,15H,7-10,12-13H2/t15-/m0/s1. The summed E-state index contributed by atoms with van der Waals surface area (Å²) in [6.45, 7) is 2.20. The summed E-state index contributed by atoms with van der Waals surface area (Å²) in [5.74, 6) is -1.28. The van der Waals surface area contributed by atoms with Crippen LogP contribution in [-0.2, 0) is 9.47 Å². The van der Waals surface area contributed by atoms with Crippen LogP contribution in [0.1, 0.15) is 20.7 Å². The van der Waals surface area contributed by atoms with E-state index in [1.807, 2.05) is 4.90 Å². The van der Waals surface area contributed by atoms with Crippen molar-refractivity contribution in [2.24, 2.45) is 0 Å². The van der Waals surface area contributed by atoms with E-state index in [0.717, 1.165) is 4.90 Å². The molecule has 2 fully saturated rings. The Bertz CT molecular complexity index is 1030. The van der Waals surface area contributed by atoms with E-state index in [0.29, 0.717) is 48.8 Å². The quantitative estimate of drug-likeness (QED) is 0.700. The number of fused-ring (bicyclic) bond motifs is 1. The molecule has 3 aliphatic rings. The van der Waals surface area contributed by atoms with Crippen LogP contribution in [0.5, 0.6) is 0 Å². The number of rotatable bonds is 4. The molecule has 8 nitrogen and oxygen atoms in total. The molecule has 5 rings (SSSR count). The summed E-state index contributed by atoms with van der Waals surface area (Å²) in [7, 11) is 0. The van der Waals surface area contributed by atoms with E-state index in [2.05, 4.69) is 0 Å². The molecule has 0 aliphatic carbocycles. The summed E-state index contributed by atoms with van der Waals surface area (Å²) in [6, 6.07) is 10.5. The van der Waals surface area contributed by atoms with E-state index >= 15 is 0 Å². The number of benzene rings is 2. The minimum atomic E-state index is -0.639. The first-order valence-corrected chi connectivity index (χ1v) is 10.1. The van der Waals surface area contributed by atoms with E-state index in [4.69, 9.17) is 9.47 Å². The maximum atomic E-state index is 14.9. The molecule has 160 valence electrons. The minimum absolute atomic E-state index is 0.000920. The molecule has 3 aliphatic heterocycles. The molecule has 2 aromatic carbocycles. The second-order valence-corrected chi connectivity index (χ2v) is 7.60. The van der Waals surface area contributed by atoms with Crippen LogP contribution in [0.3, 0.4) is 0 Å². The molecule has 9 heteroatoms. The van der Waals surface area contributed by atoms with Crippen LogP contribution in [0.2, 0.25) is 0 Å². The highest BCUT2D eigenvalue weighted by Gasteiger charge is 2.42. The molecule has 3 heterocycles. The number of halogens is 1. The summed E-state index contributed by atoms with van der Waals surface area (Å²) in [5.41, 5.74) is 1.44. The molecular formula is C22H20FN3O5. The number of hydrogen-bond acceptors (Lipinski definition) is 6. The fraction of sp³-hybridized carbons (Fsp3) is 0.318. The van der Waals surface area contributed by atoms with Gasteiger partial charge in [0.25, 0.3) is 11.8 Å². The average Bonchev–Trinajstić information content (AvgIpc) is 3.27. The van der Waals surface area contributed by atoms with Gasteiger partial charge in [-0.25, -0.2) is 9.18 Å². The Morgan fingerprint density at radius 2 is 1.65 bits per heavy atom. The lowest BCUT2D eigenvalue weighted by Crippen LogP contribution is -2.45. The van der Waals surface area contributed by atoms with Crippen LogP contribution >= 0.6 is 0 Å². The topological polar surface area (TPSA) is 79.4 Å². The predicted octanol–water partition coefficient (Wildman–Crippen LogP) is 2.28. The van der Waals surface area contributed by atoms with Crippen molar-refractivity contribution in [3.8, 4) is 0 Å². The second-order valence-electron chi connectivity index (χ2n) is 7.60. The summed E-state index contributed by atoms with van der Waals surface area (Å²) >= 11 is 0. The third-order valence-corrected chi connectivity index (χ3v) is 5.79. The number of cyclic esters (lactones) is 1. The zero-order valence-electron chi connectivity index (χ0n) is 16.6. The average molecular weight is 425 g/mol. The lowest BCUT2D eigenvalue weighted by molar-refractivity contribution is 0.0642. The van der Waals surface area contributed by atoms with Crippen molar-refractivity contribution in [3.63, 3.8) is 0 Å². The molecule has 0 bridgehead atoms. The van der Waals surface area contributed by atoms with Gasteiger partial charge in [0, 0.05) is 13.1 Å². The Morgan fingerprint density at radius 3 is 2.29 bits per heavy atom. The van der Waals surface area contributed by atoms with Gasteiger partial charge in [0.05, 0.1) is 48.3 Å². The molecular weight excluding hydrogens is 405 g/mol. The van der Waals surface area contributed by atoms with Gasteiger partial charge in [0.15, 0.2) is 0 Å². The van der Waals surface area contributed by atoms with Crippen molar-refractivity contribution < 1.29 is 28.2 Å². The normalized spacial score (nSPS) is 21.0. The Kier molecular flexibility index (Phi) is 4.82. The van der Waals surface area contributed by atoms with Crippen molar-refractivity contribution in [2.75, 3.05) is 49.3 Å². The van der Waals surface area contributed by atoms with Crippen LogP contribution in [-0.4, -0.2) is 68.3 Å². The van der Waals surface area contributed by atoms with E-state index in [9.17, 15) is 18.8 Å². The van der Waals surface area contributed by atoms with Gasteiger partial charge in [0.1, 0.15) is 12.4 Å². The fourth-order valence-corrected chi connectivity index (χ4v) is 4.23. The number of morpholine rings is 1. The maximum Gasteiger partial charge on any atom is 0.414 e. The van der Waals surface area contributed by atoms with Gasteiger partial charge >= 0.3 is 6.09 Å². The van der Waals surface area contributed by atoms with Crippen LogP contribution in [0.15, 0.2) is 42.5 Å². The summed E-state index contributed by atoms with van der Waals surface area (Å²) in [5, 5.41) is 0.